The van der Waals surface area contributed by atoms with Crippen LogP contribution in [0.15, 0.2) is 18.2 Å². The molecule has 1 aromatic carbocycles. The largest absolute Gasteiger partial charge is 0.399 e. The highest BCUT2D eigenvalue weighted by Gasteiger charge is 2.24. The van der Waals surface area contributed by atoms with E-state index in [0.717, 1.165) is 12.8 Å². The molecule has 4 nitrogen and oxygen atoms in total. The molecule has 1 unspecified atom stereocenters. The Morgan fingerprint density at radius 1 is 1.53 bits per heavy atom. The number of anilines is 1. The number of rotatable bonds is 1. The zero-order valence-corrected chi connectivity index (χ0v) is 10.2. The van der Waals surface area contributed by atoms with Crippen LogP contribution in [0.25, 0.3) is 0 Å². The van der Waals surface area contributed by atoms with Crippen molar-refractivity contribution >= 4 is 23.2 Å². The number of amides is 1. The molecule has 2 rings (SSSR count). The van der Waals surface area contributed by atoms with E-state index in [2.05, 4.69) is 0 Å². The van der Waals surface area contributed by atoms with Crippen LogP contribution in [0, 0.1) is 0 Å². The van der Waals surface area contributed by atoms with E-state index in [1.165, 1.54) is 0 Å². The minimum absolute atomic E-state index is 0.145. The second-order valence-electron chi connectivity index (χ2n) is 4.29. The maximum absolute atomic E-state index is 12.2. The Hall–Kier alpha value is -1.26. The number of halogens is 1. The number of benzene rings is 1. The summed E-state index contributed by atoms with van der Waals surface area (Å²) < 4.78 is 0. The minimum atomic E-state index is -0.430. The van der Waals surface area contributed by atoms with Gasteiger partial charge in [-0.05, 0) is 31.0 Å². The molecule has 1 aromatic rings. The second-order valence-corrected chi connectivity index (χ2v) is 4.69. The lowest BCUT2D eigenvalue weighted by atomic mass is 10.1. The smallest absolute Gasteiger partial charge is 0.255 e. The topological polar surface area (TPSA) is 66.6 Å². The Kier molecular flexibility index (Phi) is 3.54. The zero-order valence-electron chi connectivity index (χ0n) is 9.40. The lowest BCUT2D eigenvalue weighted by molar-refractivity contribution is 0.0474. The van der Waals surface area contributed by atoms with Crippen LogP contribution < -0.4 is 5.73 Å². The number of nitrogens with zero attached hydrogens (tertiary/aromatic N) is 1. The highest BCUT2D eigenvalue weighted by Crippen LogP contribution is 2.22. The van der Waals surface area contributed by atoms with E-state index in [-0.39, 0.29) is 5.91 Å². The highest BCUT2D eigenvalue weighted by molar-refractivity contribution is 6.34. The fourth-order valence-electron chi connectivity index (χ4n) is 2.01. The summed E-state index contributed by atoms with van der Waals surface area (Å²) in [5.41, 5.74) is 6.55. The fraction of sp³-hybridized carbons (Fsp3) is 0.417. The summed E-state index contributed by atoms with van der Waals surface area (Å²) in [5.74, 6) is -0.145. The summed E-state index contributed by atoms with van der Waals surface area (Å²) in [6.45, 7) is 1.04. The third-order valence-electron chi connectivity index (χ3n) is 2.91. The maximum atomic E-state index is 12.2. The number of likely N-dealkylation sites (tertiary alicyclic amines) is 1. The summed E-state index contributed by atoms with van der Waals surface area (Å²) >= 11 is 5.99. The number of piperidine rings is 1. The van der Waals surface area contributed by atoms with Crippen LogP contribution in [0.2, 0.25) is 5.02 Å². The van der Waals surface area contributed by atoms with E-state index < -0.39 is 6.10 Å². The number of hydrogen-bond donors (Lipinski definition) is 2. The van der Waals surface area contributed by atoms with Crippen LogP contribution in [0.3, 0.4) is 0 Å². The molecule has 3 N–H and O–H groups in total. The van der Waals surface area contributed by atoms with Gasteiger partial charge in [0.2, 0.25) is 0 Å². The average molecular weight is 255 g/mol. The Morgan fingerprint density at radius 3 is 2.94 bits per heavy atom. The first-order chi connectivity index (χ1) is 8.08. The molecule has 1 saturated heterocycles. The van der Waals surface area contributed by atoms with Gasteiger partial charge in [0.15, 0.2) is 0 Å². The van der Waals surface area contributed by atoms with E-state index >= 15 is 0 Å². The first-order valence-electron chi connectivity index (χ1n) is 5.60. The molecule has 0 radical (unpaired) electrons. The third-order valence-corrected chi connectivity index (χ3v) is 3.22. The van der Waals surface area contributed by atoms with Crippen molar-refractivity contribution in [3.05, 3.63) is 28.8 Å². The molecule has 1 heterocycles. The van der Waals surface area contributed by atoms with Crippen LogP contribution in [-0.2, 0) is 0 Å². The number of hydrogen-bond acceptors (Lipinski definition) is 3. The average Bonchev–Trinajstić information content (AvgIpc) is 2.28. The Morgan fingerprint density at radius 2 is 2.29 bits per heavy atom. The number of aliphatic hydroxyl groups is 1. The molecular formula is C12H15ClN2O2. The van der Waals surface area contributed by atoms with Crippen molar-refractivity contribution in [3.8, 4) is 0 Å². The number of carbonyl (C=O) groups is 1. The lowest BCUT2D eigenvalue weighted by Crippen LogP contribution is -2.42. The van der Waals surface area contributed by atoms with Gasteiger partial charge in [0.1, 0.15) is 0 Å². The monoisotopic (exact) mass is 254 g/mol. The molecule has 92 valence electrons. The van der Waals surface area contributed by atoms with Crippen molar-refractivity contribution < 1.29 is 9.90 Å². The lowest BCUT2D eigenvalue weighted by Gasteiger charge is -2.30. The van der Waals surface area contributed by atoms with Crippen molar-refractivity contribution in [2.75, 3.05) is 18.8 Å². The first kappa shape index (κ1) is 12.2. The number of carbonyl (C=O) groups excluding carboxylic acids is 1. The molecule has 1 fully saturated rings. The van der Waals surface area contributed by atoms with Gasteiger partial charge in [0.05, 0.1) is 16.7 Å². The second kappa shape index (κ2) is 4.94. The predicted molar refractivity (Wildman–Crippen MR) is 67.0 cm³/mol. The number of nitrogens with two attached hydrogens (primary N) is 1. The molecule has 1 aliphatic heterocycles. The molecule has 0 bridgehead atoms. The summed E-state index contributed by atoms with van der Waals surface area (Å²) in [7, 11) is 0. The van der Waals surface area contributed by atoms with E-state index in [1.807, 2.05) is 0 Å². The van der Waals surface area contributed by atoms with Gasteiger partial charge < -0.3 is 15.7 Å². The maximum Gasteiger partial charge on any atom is 0.255 e. The Bertz CT molecular complexity index is 437. The molecule has 17 heavy (non-hydrogen) atoms. The van der Waals surface area contributed by atoms with Crippen molar-refractivity contribution in [3.63, 3.8) is 0 Å². The van der Waals surface area contributed by atoms with Crippen molar-refractivity contribution in [1.82, 2.24) is 4.90 Å². The number of nitrogen functional groups attached to an aromatic ring is 1. The number of β-amino-alcohol motifs (C(OH)–C–C–N with tert-alkyl or cyclic N) is 1. The Balaban J connectivity index is 2.18. The molecule has 5 heteroatoms. The molecule has 1 amide bonds. The Labute approximate surface area is 105 Å². The van der Waals surface area contributed by atoms with E-state index in [0.29, 0.717) is 29.4 Å². The fourth-order valence-corrected chi connectivity index (χ4v) is 2.28. The normalized spacial score (nSPS) is 20.4. The minimum Gasteiger partial charge on any atom is -0.399 e. The summed E-state index contributed by atoms with van der Waals surface area (Å²) in [4.78, 5) is 13.8. The van der Waals surface area contributed by atoms with Gasteiger partial charge in [-0.15, -0.1) is 0 Å². The number of aliphatic hydroxyl groups excluding tert-OH is 1. The van der Waals surface area contributed by atoms with Gasteiger partial charge in [-0.3, -0.25) is 4.79 Å². The summed E-state index contributed by atoms with van der Waals surface area (Å²) in [6, 6.07) is 4.84. The van der Waals surface area contributed by atoms with E-state index in [9.17, 15) is 9.90 Å². The molecule has 0 aliphatic carbocycles. The quantitative estimate of drug-likeness (QED) is 0.747. The first-order valence-corrected chi connectivity index (χ1v) is 5.98. The highest BCUT2D eigenvalue weighted by atomic mass is 35.5. The molecule has 1 aliphatic rings. The summed E-state index contributed by atoms with van der Waals surface area (Å²) in [6.07, 6.45) is 1.14. The van der Waals surface area contributed by atoms with Crippen molar-refractivity contribution in [2.24, 2.45) is 0 Å². The zero-order chi connectivity index (χ0) is 12.4. The van der Waals surface area contributed by atoms with Crippen molar-refractivity contribution in [2.45, 2.75) is 18.9 Å². The van der Waals surface area contributed by atoms with E-state index in [1.54, 1.807) is 23.1 Å². The van der Waals surface area contributed by atoms with Gasteiger partial charge in [-0.2, -0.15) is 0 Å². The van der Waals surface area contributed by atoms with Crippen LogP contribution in [0.1, 0.15) is 23.2 Å². The van der Waals surface area contributed by atoms with Gasteiger partial charge in [0.25, 0.3) is 5.91 Å². The van der Waals surface area contributed by atoms with Crippen LogP contribution in [0.5, 0.6) is 0 Å². The van der Waals surface area contributed by atoms with Gasteiger partial charge >= 0.3 is 0 Å². The molecule has 1 atom stereocenters. The standard InChI is InChI=1S/C12H15ClN2O2/c13-11-6-8(14)3-4-10(11)12(17)15-5-1-2-9(16)7-15/h3-4,6,9,16H,1-2,5,7,14H2. The third kappa shape index (κ3) is 2.70. The van der Waals surface area contributed by atoms with Crippen molar-refractivity contribution in [1.29, 1.82) is 0 Å². The van der Waals surface area contributed by atoms with Gasteiger partial charge in [-0.25, -0.2) is 0 Å². The molecule has 0 spiro atoms. The molecular weight excluding hydrogens is 240 g/mol. The van der Waals surface area contributed by atoms with Gasteiger partial charge in [-0.1, -0.05) is 11.6 Å². The SMILES string of the molecule is Nc1ccc(C(=O)N2CCCC(O)C2)c(Cl)c1. The molecule has 0 aromatic heterocycles. The molecule has 0 saturated carbocycles. The van der Waals surface area contributed by atoms with Crippen LogP contribution in [-0.4, -0.2) is 35.1 Å². The van der Waals surface area contributed by atoms with Gasteiger partial charge in [0, 0.05) is 18.8 Å². The van der Waals surface area contributed by atoms with Crippen LogP contribution >= 0.6 is 11.6 Å². The summed E-state index contributed by atoms with van der Waals surface area (Å²) in [5, 5.41) is 9.90. The van der Waals surface area contributed by atoms with Crippen LogP contribution in [0.4, 0.5) is 5.69 Å². The predicted octanol–water partition coefficient (Wildman–Crippen LogP) is 1.52. The van der Waals surface area contributed by atoms with E-state index in [4.69, 9.17) is 17.3 Å².